The van der Waals surface area contributed by atoms with Gasteiger partial charge < -0.3 is 21.3 Å². The number of hydrogen-bond donors (Lipinski definition) is 4. The summed E-state index contributed by atoms with van der Waals surface area (Å²) in [6.45, 7) is 2.83. The highest BCUT2D eigenvalue weighted by molar-refractivity contribution is 7.98. The van der Waals surface area contributed by atoms with Crippen LogP contribution in [-0.2, 0) is 0 Å². The first-order valence-corrected chi connectivity index (χ1v) is 13.5. The molecule has 1 fully saturated rings. The fourth-order valence-electron chi connectivity index (χ4n) is 4.80. The number of aliphatic imine (C=N–C) groups is 1. The van der Waals surface area contributed by atoms with Gasteiger partial charge in [-0.3, -0.25) is 4.98 Å². The number of amidine groups is 1. The van der Waals surface area contributed by atoms with Gasteiger partial charge in [0.05, 0.1) is 11.2 Å². The highest BCUT2D eigenvalue weighted by Crippen LogP contribution is 2.36. The molecule has 0 radical (unpaired) electrons. The van der Waals surface area contributed by atoms with Crippen LogP contribution in [0, 0.1) is 0 Å². The molecule has 2 aromatic carbocycles. The lowest BCUT2D eigenvalue weighted by Crippen LogP contribution is -2.30. The summed E-state index contributed by atoms with van der Waals surface area (Å²) in [5, 5.41) is 15.6. The molecule has 4 N–H and O–H groups in total. The van der Waals surface area contributed by atoms with Crippen LogP contribution in [0.5, 0.6) is 0 Å². The van der Waals surface area contributed by atoms with Crippen molar-refractivity contribution in [2.24, 2.45) is 4.99 Å². The number of hydrogen-bond acceptors (Lipinski definition) is 7. The Balaban J connectivity index is 1.37. The normalized spacial score (nSPS) is 17.5. The number of rotatable bonds is 7. The van der Waals surface area contributed by atoms with Crippen LogP contribution in [0.3, 0.4) is 0 Å². The van der Waals surface area contributed by atoms with Crippen LogP contribution in [0.1, 0.15) is 32.6 Å². The summed E-state index contributed by atoms with van der Waals surface area (Å²) in [4.78, 5) is 10.6. The minimum atomic E-state index is 0.601. The van der Waals surface area contributed by atoms with Crippen molar-refractivity contribution in [3.63, 3.8) is 0 Å². The van der Waals surface area contributed by atoms with Crippen molar-refractivity contribution >= 4 is 34.2 Å². The van der Waals surface area contributed by atoms with E-state index >= 15 is 0 Å². The van der Waals surface area contributed by atoms with Gasteiger partial charge in [-0.25, -0.2) is 4.99 Å². The van der Waals surface area contributed by atoms with Crippen molar-refractivity contribution in [2.45, 2.75) is 43.5 Å². The highest BCUT2D eigenvalue weighted by Gasteiger charge is 2.29. The Hall–Kier alpha value is -3.45. The lowest BCUT2D eigenvalue weighted by molar-refractivity contribution is 0.739. The predicted octanol–water partition coefficient (Wildman–Crippen LogP) is 5.57. The molecule has 1 aliphatic carbocycles. The Morgan fingerprint density at radius 1 is 1.09 bits per heavy atom. The zero-order valence-corrected chi connectivity index (χ0v) is 20.9. The molecule has 3 aromatic rings. The van der Waals surface area contributed by atoms with Gasteiger partial charge in [0.15, 0.2) is 5.84 Å². The zero-order valence-electron chi connectivity index (χ0n) is 20.1. The second kappa shape index (κ2) is 9.30. The van der Waals surface area contributed by atoms with Crippen molar-refractivity contribution in [1.82, 2.24) is 20.9 Å². The smallest absolute Gasteiger partial charge is 0.153 e. The lowest BCUT2D eigenvalue weighted by Gasteiger charge is -2.17. The molecule has 6 nitrogen and oxygen atoms in total. The fraction of sp³-hybridized carbons (Fsp3) is 0.286. The quantitative estimate of drug-likeness (QED) is 0.330. The van der Waals surface area contributed by atoms with E-state index in [9.17, 15) is 0 Å². The van der Waals surface area contributed by atoms with Crippen molar-refractivity contribution in [3.8, 4) is 11.1 Å². The molecule has 7 heteroatoms. The Morgan fingerprint density at radius 2 is 1.97 bits per heavy atom. The lowest BCUT2D eigenvalue weighted by atomic mass is 10.0. The average molecular weight is 483 g/mol. The van der Waals surface area contributed by atoms with E-state index in [2.05, 4.69) is 93.0 Å². The van der Waals surface area contributed by atoms with E-state index in [1.54, 1.807) is 11.8 Å². The summed E-state index contributed by atoms with van der Waals surface area (Å²) in [7, 11) is 0. The monoisotopic (exact) mass is 482 g/mol. The number of pyridine rings is 1. The third-order valence-electron chi connectivity index (χ3n) is 6.81. The number of allylic oxidation sites excluding steroid dienone is 1. The van der Waals surface area contributed by atoms with Gasteiger partial charge in [-0.1, -0.05) is 25.1 Å². The second-order valence-corrected chi connectivity index (χ2v) is 10.0. The van der Waals surface area contributed by atoms with Gasteiger partial charge in [-0.05, 0) is 72.6 Å². The topological polar surface area (TPSA) is 73.4 Å². The largest absolute Gasteiger partial charge is 0.384 e. The van der Waals surface area contributed by atoms with Crippen LogP contribution < -0.4 is 21.3 Å². The van der Waals surface area contributed by atoms with E-state index < -0.39 is 0 Å². The van der Waals surface area contributed by atoms with Gasteiger partial charge in [-0.15, -0.1) is 11.8 Å². The molecule has 0 unspecified atom stereocenters. The Labute approximate surface area is 210 Å². The third kappa shape index (κ3) is 4.36. The second-order valence-electron chi connectivity index (χ2n) is 9.16. The Kier molecular flexibility index (Phi) is 5.86. The van der Waals surface area contributed by atoms with Gasteiger partial charge in [0, 0.05) is 40.3 Å². The minimum Gasteiger partial charge on any atom is -0.384 e. The summed E-state index contributed by atoms with van der Waals surface area (Å²) in [5.74, 6) is 1.94. The van der Waals surface area contributed by atoms with Crippen LogP contribution in [0.2, 0.25) is 0 Å². The maximum absolute atomic E-state index is 4.69. The molecule has 3 aliphatic rings. The summed E-state index contributed by atoms with van der Waals surface area (Å²) < 4.78 is 0. The summed E-state index contributed by atoms with van der Waals surface area (Å²) in [6.07, 6.45) is 8.36. The van der Waals surface area contributed by atoms with Gasteiger partial charge >= 0.3 is 0 Å². The van der Waals surface area contributed by atoms with Crippen LogP contribution in [0.4, 0.5) is 5.69 Å². The van der Waals surface area contributed by atoms with Crippen molar-refractivity contribution in [3.05, 3.63) is 77.5 Å². The van der Waals surface area contributed by atoms with Gasteiger partial charge in [0.25, 0.3) is 0 Å². The first-order valence-electron chi connectivity index (χ1n) is 12.3. The first-order chi connectivity index (χ1) is 17.2. The molecule has 0 saturated heterocycles. The van der Waals surface area contributed by atoms with E-state index in [0.29, 0.717) is 12.7 Å². The van der Waals surface area contributed by atoms with Crippen LogP contribution in [0.15, 0.2) is 87.4 Å². The average Bonchev–Trinajstić information content (AvgIpc) is 3.63. The maximum Gasteiger partial charge on any atom is 0.153 e. The van der Waals surface area contributed by atoms with E-state index in [1.165, 1.54) is 40.1 Å². The molecule has 0 bridgehead atoms. The molecule has 2 aliphatic heterocycles. The zero-order chi connectivity index (χ0) is 23.8. The SMILES string of the molecule is CCC1=C(Nc2ccc3nccc(-c4ccccc4SC)c3c2)NC2=NCNC2=C(NC2CC2)C1. The summed E-state index contributed by atoms with van der Waals surface area (Å²) in [5.41, 5.74) is 8.16. The van der Waals surface area contributed by atoms with Gasteiger partial charge in [0.2, 0.25) is 0 Å². The molecule has 0 spiro atoms. The number of aromatic nitrogens is 1. The Morgan fingerprint density at radius 3 is 2.80 bits per heavy atom. The van der Waals surface area contributed by atoms with E-state index in [4.69, 9.17) is 0 Å². The molecule has 35 heavy (non-hydrogen) atoms. The number of anilines is 1. The van der Waals surface area contributed by atoms with Crippen molar-refractivity contribution < 1.29 is 0 Å². The Bertz CT molecular complexity index is 1390. The number of thioether (sulfide) groups is 1. The van der Waals surface area contributed by atoms with Crippen molar-refractivity contribution in [1.29, 1.82) is 0 Å². The molecule has 0 atom stereocenters. The minimum absolute atomic E-state index is 0.601. The summed E-state index contributed by atoms with van der Waals surface area (Å²) >= 11 is 1.77. The van der Waals surface area contributed by atoms with Gasteiger partial charge in [0.1, 0.15) is 12.5 Å². The molecule has 6 rings (SSSR count). The van der Waals surface area contributed by atoms with Crippen molar-refractivity contribution in [2.75, 3.05) is 18.2 Å². The van der Waals surface area contributed by atoms with E-state index in [0.717, 1.165) is 46.8 Å². The number of nitrogens with one attached hydrogen (secondary N) is 4. The third-order valence-corrected chi connectivity index (χ3v) is 7.61. The van der Waals surface area contributed by atoms with Crippen LogP contribution >= 0.6 is 11.8 Å². The molecule has 0 amide bonds. The molecular formula is C28H30N6S. The fourth-order valence-corrected chi connectivity index (χ4v) is 5.41. The molecular weight excluding hydrogens is 452 g/mol. The van der Waals surface area contributed by atoms with Crippen LogP contribution in [0.25, 0.3) is 22.0 Å². The number of fused-ring (bicyclic) bond motifs is 2. The number of nitrogens with zero attached hydrogens (tertiary/aromatic N) is 2. The predicted molar refractivity (Wildman–Crippen MR) is 146 cm³/mol. The van der Waals surface area contributed by atoms with E-state index in [1.807, 2.05) is 6.20 Å². The molecule has 3 heterocycles. The molecule has 178 valence electrons. The summed E-state index contributed by atoms with van der Waals surface area (Å²) in [6, 6.07) is 17.7. The standard InChI is InChI=1S/C28H30N6S/c1-3-17-14-24(32-18-8-9-18)26-28(31-16-30-26)34-27(17)33-19-10-11-23-22(15-19)20(12-13-29-23)21-6-4-5-7-25(21)35-2/h4-7,10-13,15,18,30,32-33H,3,8-9,14,16H2,1-2H3,(H,31,34). The van der Waals surface area contributed by atoms with Crippen LogP contribution in [-0.4, -0.2) is 29.8 Å². The maximum atomic E-state index is 4.69. The number of benzene rings is 2. The van der Waals surface area contributed by atoms with E-state index in [-0.39, 0.29) is 0 Å². The van der Waals surface area contributed by atoms with Gasteiger partial charge in [-0.2, -0.15) is 0 Å². The molecule has 1 aromatic heterocycles. The highest BCUT2D eigenvalue weighted by atomic mass is 32.2. The first kappa shape index (κ1) is 22.0. The molecule has 1 saturated carbocycles.